The highest BCUT2D eigenvalue weighted by Crippen LogP contribution is 2.56. The van der Waals surface area contributed by atoms with Gasteiger partial charge in [-0.15, -0.1) is 0 Å². The smallest absolute Gasteiger partial charge is 0.160 e. The summed E-state index contributed by atoms with van der Waals surface area (Å²) in [6.45, 7) is 18.3. The van der Waals surface area contributed by atoms with Crippen molar-refractivity contribution in [3.05, 3.63) is 166 Å². The number of benzene rings is 5. The first-order chi connectivity index (χ1) is 26.0. The minimum absolute atomic E-state index is 0.224. The first-order valence-electron chi connectivity index (χ1n) is 18.9. The Hall–Kier alpha value is -6.07. The number of rotatable bonds is 6. The largest absolute Gasteiger partial charge is 0.454 e. The number of aromatic nitrogens is 1. The number of nitrogens with one attached hydrogen (secondary N) is 1. The van der Waals surface area contributed by atoms with E-state index in [1.54, 1.807) is 0 Å². The molecule has 0 atom stereocenters. The number of fused-ring (bicyclic) bond motifs is 7. The number of dihydropyridines is 1. The third kappa shape index (κ3) is 5.33. The van der Waals surface area contributed by atoms with Crippen LogP contribution in [-0.4, -0.2) is 11.5 Å². The molecule has 5 nitrogen and oxygen atoms in total. The average molecular weight is 707 g/mol. The Morgan fingerprint density at radius 3 is 2.04 bits per heavy atom. The number of pyridine rings is 1. The molecular weight excluding hydrogens is 661 g/mol. The molecule has 3 heterocycles. The molecule has 9 rings (SSSR count). The second-order valence-electron chi connectivity index (χ2n) is 15.7. The second-order valence-corrected chi connectivity index (χ2v) is 15.7. The van der Waals surface area contributed by atoms with Gasteiger partial charge in [0.15, 0.2) is 5.58 Å². The zero-order chi connectivity index (χ0) is 37.5. The zero-order valence-electron chi connectivity index (χ0n) is 32.4. The van der Waals surface area contributed by atoms with Crippen LogP contribution in [0.4, 0.5) is 28.4 Å². The maximum Gasteiger partial charge on any atom is 0.160 e. The average Bonchev–Trinajstić information content (AvgIpc) is 3.64. The van der Waals surface area contributed by atoms with Crippen LogP contribution in [0, 0.1) is 34.6 Å². The summed E-state index contributed by atoms with van der Waals surface area (Å²) < 4.78 is 7.14. The fraction of sp³-hybridized carbons (Fsp3) is 0.204. The van der Waals surface area contributed by atoms with Crippen LogP contribution >= 0.6 is 0 Å². The lowest BCUT2D eigenvalue weighted by Gasteiger charge is -2.32. The van der Waals surface area contributed by atoms with Crippen molar-refractivity contribution in [3.8, 4) is 11.1 Å². The minimum atomic E-state index is -0.224. The van der Waals surface area contributed by atoms with Gasteiger partial charge in [0, 0.05) is 50.3 Å². The summed E-state index contributed by atoms with van der Waals surface area (Å²) in [7, 11) is 0. The van der Waals surface area contributed by atoms with E-state index in [1.807, 2.05) is 13.1 Å². The lowest BCUT2D eigenvalue weighted by atomic mass is 9.82. The Morgan fingerprint density at radius 2 is 1.37 bits per heavy atom. The molecule has 0 saturated carbocycles. The van der Waals surface area contributed by atoms with Crippen LogP contribution in [0.1, 0.15) is 59.8 Å². The third-order valence-electron chi connectivity index (χ3n) is 11.4. The molecule has 0 radical (unpaired) electrons. The van der Waals surface area contributed by atoms with Crippen LogP contribution in [-0.2, 0) is 5.41 Å². The number of anilines is 5. The van der Waals surface area contributed by atoms with Gasteiger partial charge in [0.1, 0.15) is 5.58 Å². The lowest BCUT2D eigenvalue weighted by Crippen LogP contribution is -2.29. The Morgan fingerprint density at radius 1 is 0.667 bits per heavy atom. The summed E-state index contributed by atoms with van der Waals surface area (Å²) in [6, 6.07) is 35.6. The summed E-state index contributed by atoms with van der Waals surface area (Å²) in [5, 5.41) is 5.85. The van der Waals surface area contributed by atoms with Crippen molar-refractivity contribution >= 4 is 50.4 Å². The molecule has 0 amide bonds. The van der Waals surface area contributed by atoms with E-state index in [1.165, 1.54) is 44.5 Å². The molecule has 268 valence electrons. The van der Waals surface area contributed by atoms with Crippen LogP contribution in [0.5, 0.6) is 0 Å². The van der Waals surface area contributed by atoms with Gasteiger partial charge in [0.05, 0.1) is 24.1 Å². The van der Waals surface area contributed by atoms with Crippen molar-refractivity contribution in [1.29, 1.82) is 0 Å². The van der Waals surface area contributed by atoms with Gasteiger partial charge in [-0.1, -0.05) is 73.5 Å². The Labute approximate surface area is 318 Å². The van der Waals surface area contributed by atoms with Crippen molar-refractivity contribution in [2.24, 2.45) is 0 Å². The molecule has 54 heavy (non-hydrogen) atoms. The lowest BCUT2D eigenvalue weighted by molar-refractivity contribution is 0.656. The van der Waals surface area contributed by atoms with Gasteiger partial charge in [-0.05, 0) is 136 Å². The highest BCUT2D eigenvalue weighted by molar-refractivity contribution is 6.19. The molecular formula is C49H46N4O. The quantitative estimate of drug-likeness (QED) is 0.186. The summed E-state index contributed by atoms with van der Waals surface area (Å²) in [5.41, 5.74) is 20.3. The van der Waals surface area contributed by atoms with Crippen LogP contribution in [0.25, 0.3) is 33.1 Å². The van der Waals surface area contributed by atoms with E-state index in [2.05, 4.69) is 173 Å². The number of hydrogen-bond donors (Lipinski definition) is 1. The first-order valence-corrected chi connectivity index (χ1v) is 18.9. The van der Waals surface area contributed by atoms with E-state index in [0.29, 0.717) is 6.54 Å². The van der Waals surface area contributed by atoms with Crippen molar-refractivity contribution in [2.75, 3.05) is 16.3 Å². The first kappa shape index (κ1) is 33.7. The van der Waals surface area contributed by atoms with Crippen molar-refractivity contribution < 1.29 is 4.42 Å². The predicted octanol–water partition coefficient (Wildman–Crippen LogP) is 12.8. The molecule has 1 aliphatic heterocycles. The van der Waals surface area contributed by atoms with Gasteiger partial charge in [0.2, 0.25) is 0 Å². The molecule has 5 heteroatoms. The molecule has 0 saturated heterocycles. The maximum atomic E-state index is 7.14. The van der Waals surface area contributed by atoms with Crippen molar-refractivity contribution in [1.82, 2.24) is 10.3 Å². The predicted molar refractivity (Wildman–Crippen MR) is 226 cm³/mol. The fourth-order valence-electron chi connectivity index (χ4n) is 8.69. The summed E-state index contributed by atoms with van der Waals surface area (Å²) in [6.07, 6.45) is 6.40. The Bertz CT molecular complexity index is 2710. The zero-order valence-corrected chi connectivity index (χ0v) is 32.4. The molecule has 1 aliphatic carbocycles. The molecule has 0 spiro atoms. The third-order valence-corrected chi connectivity index (χ3v) is 11.4. The SMILES string of the molecule is CC1=CC=C(N(c2ccc(C)cc2C)c2cc3c(c4c2oc2ccc(N(c5ccc(C)nc5)c5ccc(C)cc5C)cc24)-c2ccccc2C3(C)C)CN1. The van der Waals surface area contributed by atoms with Crippen LogP contribution in [0.3, 0.4) is 0 Å². The molecule has 2 aromatic heterocycles. The summed E-state index contributed by atoms with van der Waals surface area (Å²) in [5.74, 6) is 0. The van der Waals surface area contributed by atoms with E-state index < -0.39 is 0 Å². The number of hydrogen-bond acceptors (Lipinski definition) is 5. The molecule has 2 aliphatic rings. The van der Waals surface area contributed by atoms with E-state index in [0.717, 1.165) is 67.5 Å². The highest BCUT2D eigenvalue weighted by Gasteiger charge is 2.39. The number of furan rings is 1. The second kappa shape index (κ2) is 12.5. The standard InChI is InChI=1S/C49H46N4O/c1-29-13-20-42(31(3)23-29)52(36-17-15-33(5)50-27-36)35-19-22-45-39(25-35)47-46-38-11-9-10-12-40(38)49(7,8)41(46)26-44(48(47)54-45)53(37-18-16-34(6)51-28-37)43-21-14-30(2)24-32(43)4/h9-27,51H,28H2,1-8H3. The minimum Gasteiger partial charge on any atom is -0.454 e. The monoisotopic (exact) mass is 706 g/mol. The molecule has 0 bridgehead atoms. The van der Waals surface area contributed by atoms with E-state index >= 15 is 0 Å². The molecule has 5 aromatic carbocycles. The van der Waals surface area contributed by atoms with Gasteiger partial charge in [-0.2, -0.15) is 0 Å². The summed E-state index contributed by atoms with van der Waals surface area (Å²) >= 11 is 0. The van der Waals surface area contributed by atoms with Crippen LogP contribution in [0.15, 0.2) is 131 Å². The van der Waals surface area contributed by atoms with Crippen molar-refractivity contribution in [2.45, 2.75) is 60.8 Å². The normalized spacial score (nSPS) is 14.4. The van der Waals surface area contributed by atoms with E-state index in [4.69, 9.17) is 9.40 Å². The van der Waals surface area contributed by atoms with Crippen molar-refractivity contribution in [3.63, 3.8) is 0 Å². The molecule has 0 unspecified atom stereocenters. The maximum absolute atomic E-state index is 7.14. The molecule has 1 N–H and O–H groups in total. The van der Waals surface area contributed by atoms with E-state index in [-0.39, 0.29) is 5.41 Å². The van der Waals surface area contributed by atoms with Gasteiger partial charge >= 0.3 is 0 Å². The molecule has 0 fully saturated rings. The Balaban J connectivity index is 1.38. The van der Waals surface area contributed by atoms with Gasteiger partial charge in [-0.3, -0.25) is 4.98 Å². The molecule has 7 aromatic rings. The van der Waals surface area contributed by atoms with Gasteiger partial charge < -0.3 is 19.5 Å². The number of nitrogens with zero attached hydrogens (tertiary/aromatic N) is 3. The Kier molecular flexibility index (Phi) is 7.82. The van der Waals surface area contributed by atoms with E-state index in [9.17, 15) is 0 Å². The number of allylic oxidation sites excluding steroid dienone is 3. The van der Waals surface area contributed by atoms with Gasteiger partial charge in [0.25, 0.3) is 0 Å². The highest BCUT2D eigenvalue weighted by atomic mass is 16.3. The van der Waals surface area contributed by atoms with Gasteiger partial charge in [-0.25, -0.2) is 0 Å². The van der Waals surface area contributed by atoms with Crippen LogP contribution in [0.2, 0.25) is 0 Å². The summed E-state index contributed by atoms with van der Waals surface area (Å²) in [4.78, 5) is 9.49. The number of aryl methyl sites for hydroxylation is 5. The fourth-order valence-corrected chi connectivity index (χ4v) is 8.69. The van der Waals surface area contributed by atoms with Crippen LogP contribution < -0.4 is 15.1 Å². The topological polar surface area (TPSA) is 44.5 Å².